The van der Waals surface area contributed by atoms with Gasteiger partial charge in [-0.3, -0.25) is 9.59 Å². The summed E-state index contributed by atoms with van der Waals surface area (Å²) in [5.74, 6) is -0.714. The molecule has 1 heterocycles. The molecule has 1 aliphatic heterocycles. The second kappa shape index (κ2) is 5.02. The van der Waals surface area contributed by atoms with E-state index >= 15 is 0 Å². The number of fused-ring (bicyclic) bond motifs is 1. The van der Waals surface area contributed by atoms with E-state index in [0.717, 1.165) is 5.56 Å². The van der Waals surface area contributed by atoms with E-state index in [1.165, 1.54) is 0 Å². The van der Waals surface area contributed by atoms with Crippen molar-refractivity contribution in [3.63, 3.8) is 0 Å². The molecule has 2 aromatic rings. The molecule has 1 aliphatic rings. The lowest BCUT2D eigenvalue weighted by Crippen LogP contribution is -2.26. The molecule has 1 amide bonds. The quantitative estimate of drug-likeness (QED) is 0.856. The second-order valence-corrected chi connectivity index (χ2v) is 4.98. The molecule has 0 radical (unpaired) electrons. The number of benzene rings is 2. The third-order valence-corrected chi connectivity index (χ3v) is 3.39. The van der Waals surface area contributed by atoms with Crippen LogP contribution in [0.3, 0.4) is 0 Å². The maximum absolute atomic E-state index is 12.3. The molecular formula is C16H10ClNO2. The lowest BCUT2D eigenvalue weighted by Gasteiger charge is -2.00. The summed E-state index contributed by atoms with van der Waals surface area (Å²) in [4.78, 5) is 28.1. The van der Waals surface area contributed by atoms with Crippen LogP contribution in [0.1, 0.15) is 5.56 Å². The largest absolute Gasteiger partial charge is 0.294 e. The summed E-state index contributed by atoms with van der Waals surface area (Å²) in [6.45, 7) is 0. The van der Waals surface area contributed by atoms with E-state index in [9.17, 15) is 9.59 Å². The summed E-state index contributed by atoms with van der Waals surface area (Å²) < 4.78 is 0. The van der Waals surface area contributed by atoms with Crippen molar-refractivity contribution >= 4 is 28.9 Å². The highest BCUT2D eigenvalue weighted by Crippen LogP contribution is 2.10. The fourth-order valence-corrected chi connectivity index (χ4v) is 2.40. The molecule has 0 spiro atoms. The number of carbonyl (C=O) groups is 2. The molecule has 3 nitrogen and oxygen atoms in total. The first-order chi connectivity index (χ1) is 9.65. The van der Waals surface area contributed by atoms with Crippen molar-refractivity contribution in [2.24, 2.45) is 4.99 Å². The Bertz CT molecular complexity index is 825. The monoisotopic (exact) mass is 283 g/mol. The highest BCUT2D eigenvalue weighted by molar-refractivity contribution is 6.42. The standard InChI is InChI=1S/C16H10ClNO2/c17-11-6-7-13-12(9-11)15(16(20)18-13)14(19)8-10-4-2-1-3-5-10/h1-7,9H,8H2. The van der Waals surface area contributed by atoms with Crippen molar-refractivity contribution in [3.8, 4) is 0 Å². The molecule has 0 N–H and O–H groups in total. The number of rotatable bonds is 3. The topological polar surface area (TPSA) is 46.5 Å². The van der Waals surface area contributed by atoms with Gasteiger partial charge in [-0.15, -0.1) is 0 Å². The van der Waals surface area contributed by atoms with Crippen LogP contribution < -0.4 is 10.6 Å². The Morgan fingerprint density at radius 1 is 1.10 bits per heavy atom. The van der Waals surface area contributed by atoms with Crippen molar-refractivity contribution in [1.82, 2.24) is 0 Å². The van der Waals surface area contributed by atoms with Crippen molar-refractivity contribution in [3.05, 3.63) is 69.7 Å². The normalized spacial score (nSPS) is 13.1. The van der Waals surface area contributed by atoms with Gasteiger partial charge in [0.2, 0.25) is 0 Å². The molecule has 0 atom stereocenters. The minimum absolute atomic E-state index is 0.131. The molecule has 20 heavy (non-hydrogen) atoms. The molecule has 0 fully saturated rings. The molecular weight excluding hydrogens is 274 g/mol. The average Bonchev–Trinajstić information content (AvgIpc) is 2.75. The number of halogens is 1. The number of nitrogens with zero attached hydrogens (tertiary/aromatic N) is 1. The molecule has 4 heteroatoms. The van der Waals surface area contributed by atoms with Gasteiger partial charge in [0.15, 0.2) is 5.78 Å². The van der Waals surface area contributed by atoms with Crippen LogP contribution in [0.5, 0.6) is 0 Å². The Labute approximate surface area is 120 Å². The number of hydrogen-bond acceptors (Lipinski definition) is 2. The Kier molecular flexibility index (Phi) is 3.20. The number of carbonyl (C=O) groups excluding carboxylic acids is 2. The number of amides is 1. The SMILES string of the molecule is O=C(Cc1ccccc1)C1=c2cc(Cl)ccc2=NC1=O. The molecule has 0 aliphatic carbocycles. The van der Waals surface area contributed by atoms with E-state index in [1.54, 1.807) is 18.2 Å². The van der Waals surface area contributed by atoms with Crippen molar-refractivity contribution in [1.29, 1.82) is 0 Å². The minimum Gasteiger partial charge on any atom is -0.294 e. The van der Waals surface area contributed by atoms with Gasteiger partial charge in [-0.1, -0.05) is 41.9 Å². The third kappa shape index (κ3) is 2.28. The van der Waals surface area contributed by atoms with E-state index in [0.29, 0.717) is 15.6 Å². The first-order valence-corrected chi connectivity index (χ1v) is 6.53. The third-order valence-electron chi connectivity index (χ3n) is 3.15. The lowest BCUT2D eigenvalue weighted by molar-refractivity contribution is -0.117. The molecule has 0 bridgehead atoms. The average molecular weight is 284 g/mol. The number of ketones is 1. The summed E-state index contributed by atoms with van der Waals surface area (Å²) in [5, 5.41) is 1.53. The van der Waals surface area contributed by atoms with Gasteiger partial charge in [0, 0.05) is 16.7 Å². The highest BCUT2D eigenvalue weighted by atomic mass is 35.5. The van der Waals surface area contributed by atoms with Gasteiger partial charge < -0.3 is 0 Å². The summed E-state index contributed by atoms with van der Waals surface area (Å²) in [6.07, 6.45) is 0.184. The second-order valence-electron chi connectivity index (χ2n) is 4.54. The smallest absolute Gasteiger partial charge is 0.281 e. The zero-order chi connectivity index (χ0) is 14.1. The van der Waals surface area contributed by atoms with Crippen LogP contribution >= 0.6 is 11.6 Å². The lowest BCUT2D eigenvalue weighted by atomic mass is 10.0. The van der Waals surface area contributed by atoms with Crippen molar-refractivity contribution in [2.75, 3.05) is 0 Å². The molecule has 0 unspecified atom stereocenters. The van der Waals surface area contributed by atoms with Crippen LogP contribution in [0.2, 0.25) is 5.02 Å². The molecule has 0 saturated heterocycles. The Hall–Kier alpha value is -2.26. The maximum Gasteiger partial charge on any atom is 0.281 e. The Morgan fingerprint density at radius 3 is 2.60 bits per heavy atom. The van der Waals surface area contributed by atoms with Gasteiger partial charge >= 0.3 is 0 Å². The number of Topliss-reactive ketones (excluding diaryl/α,β-unsaturated/α-hetero) is 1. The van der Waals surface area contributed by atoms with Crippen LogP contribution in [0.15, 0.2) is 53.5 Å². The fraction of sp³-hybridized carbons (Fsp3) is 0.0625. The van der Waals surface area contributed by atoms with Crippen LogP contribution in [0.25, 0.3) is 5.57 Å². The van der Waals surface area contributed by atoms with Gasteiger partial charge in [-0.2, -0.15) is 0 Å². The van der Waals surface area contributed by atoms with Crippen molar-refractivity contribution in [2.45, 2.75) is 6.42 Å². The maximum atomic E-state index is 12.3. The first kappa shape index (κ1) is 12.8. The molecule has 2 aromatic carbocycles. The molecule has 3 rings (SSSR count). The summed E-state index contributed by atoms with van der Waals surface area (Å²) in [5.41, 5.74) is 1.000. The Balaban J connectivity index is 2.05. The molecule has 0 saturated carbocycles. The fourth-order valence-electron chi connectivity index (χ4n) is 2.23. The van der Waals surface area contributed by atoms with Crippen LogP contribution in [-0.4, -0.2) is 11.7 Å². The van der Waals surface area contributed by atoms with Crippen molar-refractivity contribution < 1.29 is 9.59 Å². The highest BCUT2D eigenvalue weighted by Gasteiger charge is 2.23. The zero-order valence-electron chi connectivity index (χ0n) is 10.5. The summed E-state index contributed by atoms with van der Waals surface area (Å²) in [6, 6.07) is 14.2. The van der Waals surface area contributed by atoms with Gasteiger partial charge in [0.1, 0.15) is 0 Å². The Morgan fingerprint density at radius 2 is 1.85 bits per heavy atom. The van der Waals surface area contributed by atoms with Crippen LogP contribution in [0, 0.1) is 0 Å². The minimum atomic E-state index is -0.483. The van der Waals surface area contributed by atoms with E-state index in [2.05, 4.69) is 4.99 Å². The van der Waals surface area contributed by atoms with Gasteiger partial charge in [0.05, 0.1) is 10.9 Å². The van der Waals surface area contributed by atoms with E-state index in [1.807, 2.05) is 30.3 Å². The van der Waals surface area contributed by atoms with Crippen LogP contribution in [0.4, 0.5) is 0 Å². The zero-order valence-corrected chi connectivity index (χ0v) is 11.2. The summed E-state index contributed by atoms with van der Waals surface area (Å²) >= 11 is 5.92. The van der Waals surface area contributed by atoms with E-state index in [4.69, 9.17) is 11.6 Å². The van der Waals surface area contributed by atoms with Gasteiger partial charge in [0.25, 0.3) is 5.91 Å². The first-order valence-electron chi connectivity index (χ1n) is 6.15. The predicted molar refractivity (Wildman–Crippen MR) is 75.8 cm³/mol. The van der Waals surface area contributed by atoms with E-state index in [-0.39, 0.29) is 17.8 Å². The van der Waals surface area contributed by atoms with Gasteiger partial charge in [-0.05, 0) is 23.8 Å². The van der Waals surface area contributed by atoms with Crippen LogP contribution in [-0.2, 0) is 16.0 Å². The predicted octanol–water partition coefficient (Wildman–Crippen LogP) is 1.46. The molecule has 98 valence electrons. The molecule has 0 aromatic heterocycles. The summed E-state index contributed by atoms with van der Waals surface area (Å²) in [7, 11) is 0. The number of hydrogen-bond donors (Lipinski definition) is 0. The van der Waals surface area contributed by atoms with E-state index < -0.39 is 5.91 Å². The van der Waals surface area contributed by atoms with Gasteiger partial charge in [-0.25, -0.2) is 4.99 Å².